The highest BCUT2D eigenvalue weighted by atomic mass is 19.3. The SMILES string of the molecule is N#Cc1ccc([C@H](C(=O)Nc2cc(C3CC3)no2)[C@H]2CCC(F)(F)C2)cc1C#N. The van der Waals surface area contributed by atoms with Crippen molar-refractivity contribution >= 4 is 11.8 Å². The lowest BCUT2D eigenvalue weighted by atomic mass is 9.83. The van der Waals surface area contributed by atoms with Crippen LogP contribution in [0, 0.1) is 28.6 Å². The van der Waals surface area contributed by atoms with E-state index in [4.69, 9.17) is 9.78 Å². The van der Waals surface area contributed by atoms with Crippen LogP contribution in [0.3, 0.4) is 0 Å². The zero-order valence-corrected chi connectivity index (χ0v) is 15.5. The van der Waals surface area contributed by atoms with Gasteiger partial charge in [0.1, 0.15) is 12.1 Å². The van der Waals surface area contributed by atoms with Gasteiger partial charge < -0.3 is 4.52 Å². The fraction of sp³-hybridized carbons (Fsp3) is 0.429. The smallest absolute Gasteiger partial charge is 0.248 e. The van der Waals surface area contributed by atoms with Crippen LogP contribution in [-0.2, 0) is 4.79 Å². The molecular formula is C21H18F2N4O2. The van der Waals surface area contributed by atoms with Crippen LogP contribution in [0.2, 0.25) is 0 Å². The number of anilines is 1. The van der Waals surface area contributed by atoms with E-state index in [0.29, 0.717) is 11.5 Å². The highest BCUT2D eigenvalue weighted by molar-refractivity contribution is 5.95. The van der Waals surface area contributed by atoms with Crippen LogP contribution in [0.15, 0.2) is 28.8 Å². The summed E-state index contributed by atoms with van der Waals surface area (Å²) in [5.74, 6) is -4.25. The molecule has 0 aliphatic heterocycles. The van der Waals surface area contributed by atoms with Crippen molar-refractivity contribution in [2.45, 2.75) is 49.9 Å². The third-order valence-corrected chi connectivity index (χ3v) is 5.61. The molecule has 1 heterocycles. The maximum absolute atomic E-state index is 13.9. The van der Waals surface area contributed by atoms with Gasteiger partial charge in [-0.3, -0.25) is 10.1 Å². The van der Waals surface area contributed by atoms with Gasteiger partial charge in [0.25, 0.3) is 0 Å². The minimum atomic E-state index is -2.82. The lowest BCUT2D eigenvalue weighted by Crippen LogP contribution is -2.27. The molecular weight excluding hydrogens is 378 g/mol. The van der Waals surface area contributed by atoms with Crippen LogP contribution in [0.25, 0.3) is 0 Å². The second-order valence-corrected chi connectivity index (χ2v) is 7.74. The van der Waals surface area contributed by atoms with Crippen LogP contribution >= 0.6 is 0 Å². The van der Waals surface area contributed by atoms with E-state index in [1.54, 1.807) is 12.1 Å². The zero-order chi connectivity index (χ0) is 20.6. The van der Waals surface area contributed by atoms with Gasteiger partial charge in [-0.25, -0.2) is 8.78 Å². The van der Waals surface area contributed by atoms with E-state index >= 15 is 0 Å². The molecule has 0 unspecified atom stereocenters. The summed E-state index contributed by atoms with van der Waals surface area (Å²) in [7, 11) is 0. The molecule has 1 aromatic heterocycles. The molecule has 2 atom stereocenters. The number of hydrogen-bond donors (Lipinski definition) is 1. The first-order valence-corrected chi connectivity index (χ1v) is 9.49. The first kappa shape index (κ1) is 19.1. The van der Waals surface area contributed by atoms with Gasteiger partial charge >= 0.3 is 0 Å². The van der Waals surface area contributed by atoms with Crippen LogP contribution in [-0.4, -0.2) is 17.0 Å². The summed E-state index contributed by atoms with van der Waals surface area (Å²) in [6, 6.07) is 9.95. The Kier molecular flexibility index (Phi) is 4.79. The summed E-state index contributed by atoms with van der Waals surface area (Å²) >= 11 is 0. The number of nitrogens with one attached hydrogen (secondary N) is 1. The molecule has 1 amide bonds. The highest BCUT2D eigenvalue weighted by Crippen LogP contribution is 2.46. The van der Waals surface area contributed by atoms with Gasteiger partial charge in [0, 0.05) is 24.8 Å². The topological polar surface area (TPSA) is 103 Å². The largest absolute Gasteiger partial charge is 0.338 e. The van der Waals surface area contributed by atoms with Crippen LogP contribution in [0.5, 0.6) is 0 Å². The fourth-order valence-electron chi connectivity index (χ4n) is 3.97. The van der Waals surface area contributed by atoms with Gasteiger partial charge in [-0.1, -0.05) is 11.2 Å². The van der Waals surface area contributed by atoms with E-state index in [2.05, 4.69) is 10.5 Å². The van der Waals surface area contributed by atoms with E-state index in [1.807, 2.05) is 12.1 Å². The number of amides is 1. The molecule has 2 saturated carbocycles. The Hall–Kier alpha value is -3.26. The third-order valence-electron chi connectivity index (χ3n) is 5.61. The summed E-state index contributed by atoms with van der Waals surface area (Å²) < 4.78 is 32.9. The summed E-state index contributed by atoms with van der Waals surface area (Å²) in [5.41, 5.74) is 1.50. The molecule has 1 aromatic carbocycles. The number of alkyl halides is 2. The third kappa shape index (κ3) is 3.97. The van der Waals surface area contributed by atoms with Crippen molar-refractivity contribution in [3.63, 3.8) is 0 Å². The molecule has 0 spiro atoms. The number of nitrogens with zero attached hydrogens (tertiary/aromatic N) is 3. The van der Waals surface area contributed by atoms with Crippen LogP contribution < -0.4 is 5.32 Å². The Morgan fingerprint density at radius 3 is 2.59 bits per heavy atom. The molecule has 2 aromatic rings. The van der Waals surface area contributed by atoms with Crippen molar-refractivity contribution < 1.29 is 18.1 Å². The molecule has 2 fully saturated rings. The van der Waals surface area contributed by atoms with Crippen LogP contribution in [0.4, 0.5) is 14.7 Å². The molecule has 0 bridgehead atoms. The van der Waals surface area contributed by atoms with Gasteiger partial charge in [-0.05, 0) is 42.9 Å². The van der Waals surface area contributed by atoms with Crippen molar-refractivity contribution in [3.8, 4) is 12.1 Å². The molecule has 8 heteroatoms. The Bertz CT molecular complexity index is 1030. The molecule has 0 radical (unpaired) electrons. The number of benzene rings is 1. The molecule has 2 aliphatic carbocycles. The predicted octanol–water partition coefficient (Wildman–Crippen LogP) is 4.45. The average molecular weight is 396 g/mol. The molecule has 2 aliphatic rings. The second-order valence-electron chi connectivity index (χ2n) is 7.74. The van der Waals surface area contributed by atoms with E-state index < -0.39 is 30.1 Å². The molecule has 4 rings (SSSR count). The summed E-state index contributed by atoms with van der Waals surface area (Å²) in [6.07, 6.45) is 1.56. The average Bonchev–Trinajstić information content (AvgIpc) is 3.35. The molecule has 0 saturated heterocycles. The molecule has 148 valence electrons. The first-order valence-electron chi connectivity index (χ1n) is 9.49. The Labute approximate surface area is 166 Å². The monoisotopic (exact) mass is 396 g/mol. The van der Waals surface area contributed by atoms with E-state index in [0.717, 1.165) is 18.5 Å². The standard InChI is InChI=1S/C21H18F2N4O2/c22-21(23)6-5-14(9-21)19(13-3-4-15(10-24)16(7-13)11-25)20(28)26-18-8-17(27-29-18)12-1-2-12/h3-4,7-8,12,14,19H,1-2,5-6,9H2,(H,26,28)/t14-,19-/m0/s1. The summed E-state index contributed by atoms with van der Waals surface area (Å²) in [4.78, 5) is 13.1. The van der Waals surface area contributed by atoms with Gasteiger partial charge in [-0.2, -0.15) is 10.5 Å². The summed E-state index contributed by atoms with van der Waals surface area (Å²) in [5, 5.41) is 25.0. The minimum Gasteiger partial charge on any atom is -0.338 e. The van der Waals surface area contributed by atoms with Crippen molar-refractivity contribution in [2.75, 3.05) is 5.32 Å². The normalized spacial score (nSPS) is 21.2. The van der Waals surface area contributed by atoms with Crippen molar-refractivity contribution in [1.82, 2.24) is 5.16 Å². The second kappa shape index (κ2) is 7.29. The Morgan fingerprint density at radius 1 is 1.21 bits per heavy atom. The van der Waals surface area contributed by atoms with Gasteiger partial charge in [-0.15, -0.1) is 0 Å². The van der Waals surface area contributed by atoms with Gasteiger partial charge in [0.2, 0.25) is 17.7 Å². The fourth-order valence-corrected chi connectivity index (χ4v) is 3.97. The number of nitriles is 2. The number of halogens is 2. The van der Waals surface area contributed by atoms with Gasteiger partial charge in [0.15, 0.2) is 0 Å². The Balaban J connectivity index is 1.63. The molecule has 29 heavy (non-hydrogen) atoms. The number of hydrogen-bond acceptors (Lipinski definition) is 5. The van der Waals surface area contributed by atoms with E-state index in [1.165, 1.54) is 12.1 Å². The van der Waals surface area contributed by atoms with Crippen molar-refractivity contribution in [2.24, 2.45) is 5.92 Å². The number of carbonyl (C=O) groups excluding carboxylic acids is 1. The van der Waals surface area contributed by atoms with E-state index in [-0.39, 0.29) is 29.9 Å². The maximum Gasteiger partial charge on any atom is 0.248 e. The minimum absolute atomic E-state index is 0.114. The maximum atomic E-state index is 13.9. The van der Waals surface area contributed by atoms with E-state index in [9.17, 15) is 18.8 Å². The zero-order valence-electron chi connectivity index (χ0n) is 15.5. The molecule has 6 nitrogen and oxygen atoms in total. The first-order chi connectivity index (χ1) is 13.9. The van der Waals surface area contributed by atoms with Crippen LogP contribution in [0.1, 0.15) is 66.3 Å². The molecule has 1 N–H and O–H groups in total. The Morgan fingerprint density at radius 2 is 1.97 bits per heavy atom. The number of rotatable bonds is 5. The van der Waals surface area contributed by atoms with Crippen molar-refractivity contribution in [3.05, 3.63) is 46.6 Å². The van der Waals surface area contributed by atoms with Crippen molar-refractivity contribution in [1.29, 1.82) is 10.5 Å². The highest BCUT2D eigenvalue weighted by Gasteiger charge is 2.45. The number of carbonyl (C=O) groups is 1. The summed E-state index contributed by atoms with van der Waals surface area (Å²) in [6.45, 7) is 0. The quantitative estimate of drug-likeness (QED) is 0.804. The lowest BCUT2D eigenvalue weighted by Gasteiger charge is -2.23. The lowest BCUT2D eigenvalue weighted by molar-refractivity contribution is -0.119. The number of aromatic nitrogens is 1. The van der Waals surface area contributed by atoms with Gasteiger partial charge in [0.05, 0.1) is 22.7 Å². The predicted molar refractivity (Wildman–Crippen MR) is 98.0 cm³/mol.